The molecule has 1 aromatic heterocycles. The number of benzene rings is 3. The largest absolute Gasteiger partial charge is 2.00 e. The molecule has 0 saturated heterocycles. The van der Waals surface area contributed by atoms with E-state index in [0.29, 0.717) is 5.58 Å². The Bertz CT molecular complexity index is 1130. The van der Waals surface area contributed by atoms with Gasteiger partial charge in [-0.05, 0) is 34.5 Å². The maximum Gasteiger partial charge on any atom is 2.00 e. The van der Waals surface area contributed by atoms with Crippen molar-refractivity contribution in [1.29, 1.82) is 0 Å². The Morgan fingerprint density at radius 2 is 1.70 bits per heavy atom. The summed E-state index contributed by atoms with van der Waals surface area (Å²) in [6.45, 7) is 0. The van der Waals surface area contributed by atoms with Crippen LogP contribution < -0.4 is 5.43 Å². The molecule has 0 aliphatic heterocycles. The second-order valence-corrected chi connectivity index (χ2v) is 5.80. The first-order valence-corrected chi connectivity index (χ1v) is 8.28. The van der Waals surface area contributed by atoms with E-state index in [0.717, 1.165) is 21.7 Å². The topological polar surface area (TPSA) is 54.6 Å². The third-order valence-corrected chi connectivity index (χ3v) is 4.06. The number of rotatable bonds is 4. The number of fused-ring (bicyclic) bond motifs is 3. The Kier molecular flexibility index (Phi) is 5.86. The van der Waals surface area contributed by atoms with Crippen molar-refractivity contribution >= 4 is 39.9 Å². The Hall–Kier alpha value is -3.15. The standard InChI is InChI=1S/C22H16N2O2.Co/c25-22(24-23-14-6-9-16-7-2-1-3-8-16)21-15-19-18-11-5-4-10-17(18)12-13-20(19)26-21;/h1-15H,(H,24,25);/q;+2/b9-6+,23-14+;. The molecule has 0 bridgehead atoms. The van der Waals surface area contributed by atoms with Crippen molar-refractivity contribution in [3.8, 4) is 0 Å². The van der Waals surface area contributed by atoms with Crippen LogP contribution in [0.4, 0.5) is 0 Å². The number of furan rings is 1. The first-order chi connectivity index (χ1) is 12.8. The molecule has 0 spiro atoms. The average Bonchev–Trinajstić information content (AvgIpc) is 3.13. The molecule has 0 aliphatic carbocycles. The van der Waals surface area contributed by atoms with Gasteiger partial charge in [0.15, 0.2) is 5.76 Å². The van der Waals surface area contributed by atoms with Gasteiger partial charge < -0.3 is 4.42 Å². The van der Waals surface area contributed by atoms with Gasteiger partial charge >= 0.3 is 22.7 Å². The smallest absolute Gasteiger partial charge is 0.451 e. The molecule has 1 amide bonds. The van der Waals surface area contributed by atoms with Crippen LogP contribution in [0.15, 0.2) is 88.4 Å². The number of hydrogen-bond donors (Lipinski definition) is 1. The number of nitrogens with one attached hydrogen (secondary N) is 1. The van der Waals surface area contributed by atoms with Gasteiger partial charge in [0.05, 0.1) is 0 Å². The van der Waals surface area contributed by atoms with Gasteiger partial charge in [-0.1, -0.05) is 66.7 Å². The number of carbonyl (C=O) groups excluding carboxylic acids is 1. The van der Waals surface area contributed by atoms with Gasteiger partial charge in [0.1, 0.15) is 5.58 Å². The second-order valence-electron chi connectivity index (χ2n) is 5.80. The number of hydrazone groups is 1. The van der Waals surface area contributed by atoms with Crippen LogP contribution in [0.5, 0.6) is 0 Å². The van der Waals surface area contributed by atoms with Crippen LogP contribution in [-0.2, 0) is 16.8 Å². The molecule has 27 heavy (non-hydrogen) atoms. The molecule has 4 rings (SSSR count). The van der Waals surface area contributed by atoms with Crippen molar-refractivity contribution in [2.45, 2.75) is 0 Å². The molecule has 3 aromatic carbocycles. The molecular formula is C22H16CoN2O2+2. The SMILES string of the molecule is O=C(N/N=C/C=C/c1ccccc1)c1cc2c(ccc3ccccc32)o1.[Co+2]. The molecular weight excluding hydrogens is 383 g/mol. The summed E-state index contributed by atoms with van der Waals surface area (Å²) in [5.74, 6) is -0.143. The zero-order chi connectivity index (χ0) is 17.8. The van der Waals surface area contributed by atoms with Crippen LogP contribution in [0.25, 0.3) is 27.8 Å². The summed E-state index contributed by atoms with van der Waals surface area (Å²) in [7, 11) is 0. The molecule has 0 aliphatic rings. The van der Waals surface area contributed by atoms with Gasteiger partial charge in [0.2, 0.25) is 0 Å². The zero-order valence-electron chi connectivity index (χ0n) is 14.3. The minimum atomic E-state index is -0.380. The van der Waals surface area contributed by atoms with Crippen molar-refractivity contribution in [2.24, 2.45) is 5.10 Å². The maximum absolute atomic E-state index is 12.2. The molecule has 1 radical (unpaired) electrons. The van der Waals surface area contributed by atoms with E-state index >= 15 is 0 Å². The van der Waals surface area contributed by atoms with Gasteiger partial charge in [-0.15, -0.1) is 0 Å². The van der Waals surface area contributed by atoms with E-state index in [2.05, 4.69) is 10.5 Å². The summed E-state index contributed by atoms with van der Waals surface area (Å²) >= 11 is 0. The fourth-order valence-corrected chi connectivity index (χ4v) is 2.82. The summed E-state index contributed by atoms with van der Waals surface area (Å²) in [6.07, 6.45) is 5.20. The molecule has 5 heteroatoms. The average molecular weight is 399 g/mol. The van der Waals surface area contributed by atoms with Crippen molar-refractivity contribution in [3.05, 3.63) is 90.2 Å². The summed E-state index contributed by atoms with van der Waals surface area (Å²) in [6, 6.07) is 23.5. The minimum Gasteiger partial charge on any atom is -0.451 e. The molecule has 4 nitrogen and oxygen atoms in total. The van der Waals surface area contributed by atoms with Crippen molar-refractivity contribution in [2.75, 3.05) is 0 Å². The summed E-state index contributed by atoms with van der Waals surface area (Å²) < 4.78 is 5.66. The van der Waals surface area contributed by atoms with Crippen LogP contribution in [-0.4, -0.2) is 12.1 Å². The van der Waals surface area contributed by atoms with E-state index in [9.17, 15) is 4.79 Å². The Morgan fingerprint density at radius 1 is 0.926 bits per heavy atom. The van der Waals surface area contributed by atoms with Gasteiger partial charge in [-0.25, -0.2) is 5.43 Å². The first kappa shape index (κ1) is 18.6. The minimum absolute atomic E-state index is 0. The van der Waals surface area contributed by atoms with Crippen molar-refractivity contribution in [1.82, 2.24) is 5.43 Å². The molecule has 0 saturated carbocycles. The molecule has 4 aromatic rings. The summed E-state index contributed by atoms with van der Waals surface area (Å²) in [5, 5.41) is 7.01. The third kappa shape index (κ3) is 4.16. The predicted octanol–water partition coefficient (Wildman–Crippen LogP) is 5.01. The van der Waals surface area contributed by atoms with E-state index in [-0.39, 0.29) is 28.4 Å². The number of nitrogens with zero attached hydrogens (tertiary/aromatic N) is 1. The van der Waals surface area contributed by atoms with E-state index in [1.165, 1.54) is 6.21 Å². The molecule has 0 unspecified atom stereocenters. The molecule has 1 heterocycles. The van der Waals surface area contributed by atoms with E-state index in [1.807, 2.05) is 72.8 Å². The number of hydrogen-bond acceptors (Lipinski definition) is 3. The van der Waals surface area contributed by atoms with Gasteiger partial charge in [-0.2, -0.15) is 5.10 Å². The zero-order valence-corrected chi connectivity index (χ0v) is 15.3. The maximum atomic E-state index is 12.2. The molecule has 133 valence electrons. The Labute approximate surface area is 166 Å². The monoisotopic (exact) mass is 399 g/mol. The Morgan fingerprint density at radius 3 is 2.56 bits per heavy atom. The Balaban J connectivity index is 0.00000210. The fourth-order valence-electron chi connectivity index (χ4n) is 2.82. The van der Waals surface area contributed by atoms with Gasteiger partial charge in [-0.3, -0.25) is 4.79 Å². The van der Waals surface area contributed by atoms with Crippen LogP contribution in [0.1, 0.15) is 16.1 Å². The van der Waals surface area contributed by atoms with Crippen molar-refractivity contribution < 1.29 is 26.0 Å². The van der Waals surface area contributed by atoms with Crippen LogP contribution in [0, 0.1) is 0 Å². The summed E-state index contributed by atoms with van der Waals surface area (Å²) in [4.78, 5) is 12.2. The fraction of sp³-hybridized carbons (Fsp3) is 0. The molecule has 0 fully saturated rings. The van der Waals surface area contributed by atoms with Crippen LogP contribution in [0.2, 0.25) is 0 Å². The second kappa shape index (κ2) is 8.49. The van der Waals surface area contributed by atoms with Crippen molar-refractivity contribution in [3.63, 3.8) is 0 Å². The van der Waals surface area contributed by atoms with E-state index in [1.54, 1.807) is 12.1 Å². The molecule has 1 N–H and O–H groups in total. The van der Waals surface area contributed by atoms with Crippen LogP contribution >= 0.6 is 0 Å². The number of allylic oxidation sites excluding steroid dienone is 1. The van der Waals surface area contributed by atoms with Gasteiger partial charge in [0, 0.05) is 11.6 Å². The van der Waals surface area contributed by atoms with E-state index in [4.69, 9.17) is 4.42 Å². The first-order valence-electron chi connectivity index (χ1n) is 8.28. The number of amides is 1. The normalized spacial score (nSPS) is 11.3. The summed E-state index contributed by atoms with van der Waals surface area (Å²) in [5.41, 5.74) is 4.23. The number of carbonyl (C=O) groups is 1. The third-order valence-electron chi connectivity index (χ3n) is 4.06. The molecule has 0 atom stereocenters. The van der Waals surface area contributed by atoms with E-state index < -0.39 is 0 Å². The quantitative estimate of drug-likeness (QED) is 0.387. The van der Waals surface area contributed by atoms with Gasteiger partial charge in [0.25, 0.3) is 0 Å². The van der Waals surface area contributed by atoms with Crippen LogP contribution in [0.3, 0.4) is 0 Å². The predicted molar refractivity (Wildman–Crippen MR) is 105 cm³/mol.